The molecule has 2 amide bonds. The van der Waals surface area contributed by atoms with Gasteiger partial charge in [-0.25, -0.2) is 0 Å². The Kier molecular flexibility index (Phi) is 4.68. The van der Waals surface area contributed by atoms with E-state index >= 15 is 0 Å². The largest absolute Gasteiger partial charge is 0.341 e. The molecular weight excluding hydrogens is 342 g/mol. The molecule has 0 saturated carbocycles. The van der Waals surface area contributed by atoms with Crippen LogP contribution in [0.2, 0.25) is 0 Å². The molecule has 142 valence electrons. The molecule has 4 rings (SSSR count). The van der Waals surface area contributed by atoms with Gasteiger partial charge in [0, 0.05) is 38.2 Å². The number of carbonyl (C=O) groups excluding carboxylic acids is 2. The number of hydrogen-bond acceptors (Lipinski definition) is 4. The predicted octanol–water partition coefficient (Wildman–Crippen LogP) is 1.96. The van der Waals surface area contributed by atoms with Crippen molar-refractivity contribution in [2.45, 2.75) is 44.7 Å². The molecule has 0 radical (unpaired) electrons. The molecule has 2 aromatic rings. The molecule has 2 aliphatic rings. The monoisotopic (exact) mass is 367 g/mol. The highest BCUT2D eigenvalue weighted by Crippen LogP contribution is 2.29. The number of fused-ring (bicyclic) bond motifs is 1. The van der Waals surface area contributed by atoms with Gasteiger partial charge >= 0.3 is 0 Å². The Morgan fingerprint density at radius 1 is 1.26 bits per heavy atom. The molecule has 0 bridgehead atoms. The number of rotatable bonds is 4. The van der Waals surface area contributed by atoms with E-state index in [1.807, 2.05) is 47.7 Å². The predicted molar refractivity (Wildman–Crippen MR) is 100.0 cm³/mol. The first-order valence-corrected chi connectivity index (χ1v) is 9.61. The Morgan fingerprint density at radius 3 is 2.63 bits per heavy atom. The maximum absolute atomic E-state index is 13.2. The first kappa shape index (κ1) is 17.7. The van der Waals surface area contributed by atoms with Crippen molar-refractivity contribution in [3.8, 4) is 0 Å². The van der Waals surface area contributed by atoms with E-state index in [0.717, 1.165) is 29.8 Å². The second kappa shape index (κ2) is 7.13. The zero-order valence-corrected chi connectivity index (χ0v) is 15.8. The molecule has 0 N–H and O–H groups in total. The van der Waals surface area contributed by atoms with E-state index in [2.05, 4.69) is 10.2 Å². The van der Waals surface area contributed by atoms with Crippen LogP contribution in [0.1, 0.15) is 53.8 Å². The molecule has 1 fully saturated rings. The van der Waals surface area contributed by atoms with Crippen molar-refractivity contribution >= 4 is 11.8 Å². The van der Waals surface area contributed by atoms with Crippen LogP contribution >= 0.6 is 0 Å². The molecule has 7 heteroatoms. The first-order valence-electron chi connectivity index (χ1n) is 9.61. The van der Waals surface area contributed by atoms with E-state index in [9.17, 15) is 9.59 Å². The van der Waals surface area contributed by atoms with Gasteiger partial charge in [-0.1, -0.05) is 25.1 Å². The normalized spacial score (nSPS) is 18.7. The van der Waals surface area contributed by atoms with Gasteiger partial charge in [0.1, 0.15) is 18.2 Å². The van der Waals surface area contributed by atoms with Crippen LogP contribution < -0.4 is 0 Å². The summed E-state index contributed by atoms with van der Waals surface area (Å²) in [5.74, 6) is 1.36. The van der Waals surface area contributed by atoms with Crippen LogP contribution in [0, 0.1) is 0 Å². The van der Waals surface area contributed by atoms with Crippen LogP contribution in [0.5, 0.6) is 0 Å². The van der Waals surface area contributed by atoms with Crippen LogP contribution in [0.25, 0.3) is 0 Å². The minimum atomic E-state index is -0.392. The van der Waals surface area contributed by atoms with Crippen molar-refractivity contribution < 1.29 is 9.59 Å². The second-order valence-electron chi connectivity index (χ2n) is 7.41. The molecule has 1 aromatic carbocycles. The van der Waals surface area contributed by atoms with Crippen molar-refractivity contribution in [1.29, 1.82) is 0 Å². The highest BCUT2D eigenvalue weighted by molar-refractivity contribution is 6.01. The molecule has 1 saturated heterocycles. The number of nitrogens with zero attached hydrogens (tertiary/aromatic N) is 5. The molecule has 27 heavy (non-hydrogen) atoms. The zero-order chi connectivity index (χ0) is 19.0. The number of aryl methyl sites for hydroxylation is 1. The Labute approximate surface area is 159 Å². The van der Waals surface area contributed by atoms with Gasteiger partial charge in [-0.05, 0) is 30.9 Å². The van der Waals surface area contributed by atoms with Gasteiger partial charge in [-0.15, -0.1) is 10.2 Å². The van der Waals surface area contributed by atoms with E-state index < -0.39 is 6.04 Å². The van der Waals surface area contributed by atoms with Gasteiger partial charge in [0.25, 0.3) is 5.91 Å². The topological polar surface area (TPSA) is 71.3 Å². The molecule has 2 aliphatic heterocycles. The number of benzene rings is 1. The van der Waals surface area contributed by atoms with Gasteiger partial charge in [-0.2, -0.15) is 0 Å². The smallest absolute Gasteiger partial charge is 0.255 e. The summed E-state index contributed by atoms with van der Waals surface area (Å²) in [7, 11) is 1.95. The standard InChI is InChI=1S/C20H25N5O2/c1-3-17(25-12-15-6-4-5-7-16(15)19(25)26)20(27)24-10-8-14(9-11-24)18-22-21-13-23(18)2/h4-7,13-14,17H,3,8-12H2,1-2H3/t17-/m0/s1. The summed E-state index contributed by atoms with van der Waals surface area (Å²) in [5.41, 5.74) is 1.74. The fourth-order valence-electron chi connectivity index (χ4n) is 4.29. The summed E-state index contributed by atoms with van der Waals surface area (Å²) in [6.07, 6.45) is 4.10. The van der Waals surface area contributed by atoms with Crippen molar-refractivity contribution in [2.24, 2.45) is 7.05 Å². The second-order valence-corrected chi connectivity index (χ2v) is 7.41. The molecule has 0 unspecified atom stereocenters. The summed E-state index contributed by atoms with van der Waals surface area (Å²) in [6, 6.07) is 7.24. The van der Waals surface area contributed by atoms with Crippen molar-refractivity contribution in [3.63, 3.8) is 0 Å². The lowest BCUT2D eigenvalue weighted by molar-refractivity contribution is -0.137. The molecule has 1 atom stereocenters. The summed E-state index contributed by atoms with van der Waals surface area (Å²) in [5, 5.41) is 8.17. The third-order valence-corrected chi connectivity index (χ3v) is 5.82. The minimum absolute atomic E-state index is 0.0280. The van der Waals surface area contributed by atoms with Crippen LogP contribution in [0.15, 0.2) is 30.6 Å². The lowest BCUT2D eigenvalue weighted by atomic mass is 9.95. The Balaban J connectivity index is 1.43. The fourth-order valence-corrected chi connectivity index (χ4v) is 4.29. The summed E-state index contributed by atoms with van der Waals surface area (Å²) in [6.45, 7) is 3.89. The molecular formula is C20H25N5O2. The van der Waals surface area contributed by atoms with E-state index in [0.29, 0.717) is 32.0 Å². The van der Waals surface area contributed by atoms with Gasteiger partial charge in [0.05, 0.1) is 0 Å². The highest BCUT2D eigenvalue weighted by Gasteiger charge is 2.38. The number of hydrogen-bond donors (Lipinski definition) is 0. The van der Waals surface area contributed by atoms with E-state index in [1.165, 1.54) is 0 Å². The van der Waals surface area contributed by atoms with Gasteiger partial charge in [0.15, 0.2) is 0 Å². The molecule has 1 aromatic heterocycles. The Morgan fingerprint density at radius 2 is 2.00 bits per heavy atom. The summed E-state index contributed by atoms with van der Waals surface area (Å²) in [4.78, 5) is 29.6. The van der Waals surface area contributed by atoms with Crippen LogP contribution in [0.3, 0.4) is 0 Å². The number of piperidine rings is 1. The SMILES string of the molecule is CC[C@@H](C(=O)N1CCC(c2nncn2C)CC1)N1Cc2ccccc2C1=O. The van der Waals surface area contributed by atoms with Crippen LogP contribution in [-0.4, -0.2) is 55.5 Å². The quantitative estimate of drug-likeness (QED) is 0.828. The Bertz CT molecular complexity index is 854. The van der Waals surface area contributed by atoms with Gasteiger partial charge in [0.2, 0.25) is 5.91 Å². The third-order valence-electron chi connectivity index (χ3n) is 5.82. The summed E-state index contributed by atoms with van der Waals surface area (Å²) < 4.78 is 1.96. The van der Waals surface area contributed by atoms with Gasteiger partial charge in [-0.3, -0.25) is 9.59 Å². The average Bonchev–Trinajstić information content (AvgIpc) is 3.27. The number of likely N-dealkylation sites (tertiary alicyclic amines) is 1. The molecule has 0 spiro atoms. The van der Waals surface area contributed by atoms with Gasteiger partial charge < -0.3 is 14.4 Å². The third kappa shape index (κ3) is 3.11. The van der Waals surface area contributed by atoms with Crippen LogP contribution in [-0.2, 0) is 18.4 Å². The summed E-state index contributed by atoms with van der Waals surface area (Å²) >= 11 is 0. The first-order chi connectivity index (χ1) is 13.1. The molecule has 0 aliphatic carbocycles. The lowest BCUT2D eigenvalue weighted by Gasteiger charge is -2.36. The Hall–Kier alpha value is -2.70. The van der Waals surface area contributed by atoms with Crippen molar-refractivity contribution in [1.82, 2.24) is 24.6 Å². The van der Waals surface area contributed by atoms with E-state index in [-0.39, 0.29) is 11.8 Å². The molecule has 3 heterocycles. The maximum Gasteiger partial charge on any atom is 0.255 e. The van der Waals surface area contributed by atoms with Crippen molar-refractivity contribution in [2.75, 3.05) is 13.1 Å². The average molecular weight is 367 g/mol. The zero-order valence-electron chi connectivity index (χ0n) is 15.8. The van der Waals surface area contributed by atoms with Crippen molar-refractivity contribution in [3.05, 3.63) is 47.5 Å². The highest BCUT2D eigenvalue weighted by atomic mass is 16.2. The maximum atomic E-state index is 13.2. The van der Waals surface area contributed by atoms with E-state index in [1.54, 1.807) is 11.2 Å². The molecule has 7 nitrogen and oxygen atoms in total. The number of carbonyl (C=O) groups is 2. The van der Waals surface area contributed by atoms with E-state index in [4.69, 9.17) is 0 Å². The number of aromatic nitrogens is 3. The number of amides is 2. The van der Waals surface area contributed by atoms with Crippen LogP contribution in [0.4, 0.5) is 0 Å². The fraction of sp³-hybridized carbons (Fsp3) is 0.500. The lowest BCUT2D eigenvalue weighted by Crippen LogP contribution is -2.50. The minimum Gasteiger partial charge on any atom is -0.341 e.